The molecule has 0 bridgehead atoms. The molecule has 0 amide bonds. The first-order chi connectivity index (χ1) is 13.1. The van der Waals surface area contributed by atoms with Crippen molar-refractivity contribution in [3.63, 3.8) is 0 Å². The third-order valence-electron chi connectivity index (χ3n) is 4.65. The molecule has 2 aromatic heterocycles. The van der Waals surface area contributed by atoms with Crippen LogP contribution in [0.4, 0.5) is 10.3 Å². The Bertz CT molecular complexity index is 1090. The van der Waals surface area contributed by atoms with Crippen molar-refractivity contribution in [2.75, 3.05) is 5.32 Å². The molecule has 1 atom stereocenters. The number of hydrogen-bond donors (Lipinski definition) is 1. The Hall–Kier alpha value is -3.34. The molecule has 4 nitrogen and oxygen atoms in total. The molecule has 4 aromatic rings. The average Bonchev–Trinajstić information content (AvgIpc) is 2.68. The molecule has 0 spiro atoms. The van der Waals surface area contributed by atoms with Crippen molar-refractivity contribution in [2.45, 2.75) is 19.9 Å². The Kier molecular flexibility index (Phi) is 4.50. The lowest BCUT2D eigenvalue weighted by Crippen LogP contribution is -2.09. The Labute approximate surface area is 157 Å². The van der Waals surface area contributed by atoms with Crippen molar-refractivity contribution in [3.05, 3.63) is 84.1 Å². The van der Waals surface area contributed by atoms with Crippen LogP contribution in [-0.2, 0) is 0 Å². The number of rotatable bonds is 4. The summed E-state index contributed by atoms with van der Waals surface area (Å²) in [6, 6.07) is 14.5. The molecule has 0 aliphatic rings. The minimum absolute atomic E-state index is 0.0274. The largest absolute Gasteiger partial charge is 0.348 e. The van der Waals surface area contributed by atoms with E-state index in [4.69, 9.17) is 0 Å². The molecule has 2 aromatic carbocycles. The number of halogens is 1. The monoisotopic (exact) mass is 358 g/mol. The summed E-state index contributed by atoms with van der Waals surface area (Å²) >= 11 is 0. The summed E-state index contributed by atoms with van der Waals surface area (Å²) in [6.45, 7) is 4.07. The van der Waals surface area contributed by atoms with Crippen LogP contribution in [0.15, 0.2) is 67.1 Å². The number of nitrogens with zero attached hydrogens (tertiary/aromatic N) is 3. The highest BCUT2D eigenvalue weighted by Crippen LogP contribution is 2.26. The zero-order chi connectivity index (χ0) is 18.8. The van der Waals surface area contributed by atoms with Crippen molar-refractivity contribution in [1.29, 1.82) is 0 Å². The van der Waals surface area contributed by atoms with Crippen LogP contribution in [0.5, 0.6) is 0 Å². The van der Waals surface area contributed by atoms with Crippen LogP contribution in [0.1, 0.15) is 24.1 Å². The van der Waals surface area contributed by atoms with Gasteiger partial charge in [-0.3, -0.25) is 4.98 Å². The smallest absolute Gasteiger partial charge is 0.223 e. The lowest BCUT2D eigenvalue weighted by atomic mass is 10.0. The second-order valence-corrected chi connectivity index (χ2v) is 6.58. The number of aryl methyl sites for hydroxylation is 1. The van der Waals surface area contributed by atoms with Crippen LogP contribution >= 0.6 is 0 Å². The summed E-state index contributed by atoms with van der Waals surface area (Å²) in [7, 11) is 0. The van der Waals surface area contributed by atoms with E-state index in [2.05, 4.69) is 33.3 Å². The first-order valence-corrected chi connectivity index (χ1v) is 8.80. The minimum Gasteiger partial charge on any atom is -0.348 e. The summed E-state index contributed by atoms with van der Waals surface area (Å²) in [5, 5.41) is 4.24. The van der Waals surface area contributed by atoms with Gasteiger partial charge in [-0.2, -0.15) is 0 Å². The Balaban J connectivity index is 1.60. The van der Waals surface area contributed by atoms with Gasteiger partial charge in [0.15, 0.2) is 0 Å². The number of benzene rings is 2. The quantitative estimate of drug-likeness (QED) is 0.537. The summed E-state index contributed by atoms with van der Waals surface area (Å²) < 4.78 is 13.1. The summed E-state index contributed by atoms with van der Waals surface area (Å²) in [6.07, 6.45) is 5.48. The van der Waals surface area contributed by atoms with E-state index in [1.54, 1.807) is 18.3 Å². The lowest BCUT2D eigenvalue weighted by Gasteiger charge is -2.14. The van der Waals surface area contributed by atoms with Gasteiger partial charge in [0.1, 0.15) is 5.82 Å². The number of hydrogen-bond acceptors (Lipinski definition) is 4. The highest BCUT2D eigenvalue weighted by Gasteiger charge is 2.09. The van der Waals surface area contributed by atoms with Gasteiger partial charge in [0.25, 0.3) is 0 Å². The maximum absolute atomic E-state index is 13.1. The van der Waals surface area contributed by atoms with Crippen molar-refractivity contribution < 1.29 is 4.39 Å². The van der Waals surface area contributed by atoms with Gasteiger partial charge in [-0.25, -0.2) is 14.4 Å². The summed E-state index contributed by atoms with van der Waals surface area (Å²) in [5.74, 6) is 0.303. The van der Waals surface area contributed by atoms with E-state index in [0.29, 0.717) is 5.95 Å². The van der Waals surface area contributed by atoms with Crippen LogP contribution in [0, 0.1) is 12.7 Å². The number of anilines is 1. The molecule has 134 valence electrons. The van der Waals surface area contributed by atoms with E-state index in [-0.39, 0.29) is 11.9 Å². The fraction of sp³-hybridized carbons (Fsp3) is 0.136. The third kappa shape index (κ3) is 3.62. The van der Waals surface area contributed by atoms with Gasteiger partial charge >= 0.3 is 0 Å². The number of nitrogens with one attached hydrogen (secondary N) is 1. The number of pyridine rings is 1. The minimum atomic E-state index is -0.243. The summed E-state index contributed by atoms with van der Waals surface area (Å²) in [5.41, 5.74) is 5.21. The van der Waals surface area contributed by atoms with E-state index in [0.717, 1.165) is 27.6 Å². The molecule has 4 rings (SSSR count). The first-order valence-electron chi connectivity index (χ1n) is 8.80. The molecule has 1 N–H and O–H groups in total. The second kappa shape index (κ2) is 7.11. The maximum Gasteiger partial charge on any atom is 0.223 e. The Morgan fingerprint density at radius 2 is 1.81 bits per heavy atom. The maximum atomic E-state index is 13.1. The van der Waals surface area contributed by atoms with Gasteiger partial charge < -0.3 is 5.32 Å². The normalized spacial score (nSPS) is 12.1. The van der Waals surface area contributed by atoms with E-state index in [1.165, 1.54) is 17.7 Å². The number of aromatic nitrogens is 3. The molecular formula is C22H19FN4. The molecule has 2 heterocycles. The van der Waals surface area contributed by atoms with Crippen LogP contribution in [0.25, 0.3) is 22.0 Å². The molecule has 27 heavy (non-hydrogen) atoms. The van der Waals surface area contributed by atoms with Crippen LogP contribution in [0.3, 0.4) is 0 Å². The van der Waals surface area contributed by atoms with Gasteiger partial charge in [0, 0.05) is 29.5 Å². The van der Waals surface area contributed by atoms with Gasteiger partial charge in [0.05, 0.1) is 11.6 Å². The predicted molar refractivity (Wildman–Crippen MR) is 106 cm³/mol. The van der Waals surface area contributed by atoms with Crippen LogP contribution in [-0.4, -0.2) is 15.0 Å². The predicted octanol–water partition coefficient (Wildman–Crippen LogP) is 5.31. The van der Waals surface area contributed by atoms with Crippen molar-refractivity contribution >= 4 is 16.9 Å². The Morgan fingerprint density at radius 1 is 1.00 bits per heavy atom. The fourth-order valence-corrected chi connectivity index (χ4v) is 3.07. The van der Waals surface area contributed by atoms with Crippen LogP contribution < -0.4 is 5.32 Å². The lowest BCUT2D eigenvalue weighted by molar-refractivity contribution is 0.626. The average molecular weight is 358 g/mol. The standard InChI is InChI=1S/C22H19FN4/c1-14-9-10-24-13-20(14)17-5-8-21-18(11-17)12-25-22(27-21)26-15(2)16-3-6-19(23)7-4-16/h3-13,15H,1-2H3,(H,25,26,27). The van der Waals surface area contributed by atoms with Gasteiger partial charge in [-0.1, -0.05) is 18.2 Å². The van der Waals surface area contributed by atoms with Crippen LogP contribution in [0.2, 0.25) is 0 Å². The molecule has 0 aliphatic carbocycles. The van der Waals surface area contributed by atoms with E-state index in [1.807, 2.05) is 37.5 Å². The third-order valence-corrected chi connectivity index (χ3v) is 4.65. The second-order valence-electron chi connectivity index (χ2n) is 6.58. The SMILES string of the molecule is Cc1ccncc1-c1ccc2nc(NC(C)c3ccc(F)cc3)ncc2c1. The molecular weight excluding hydrogens is 339 g/mol. The van der Waals surface area contributed by atoms with Crippen molar-refractivity contribution in [3.8, 4) is 11.1 Å². The molecule has 5 heteroatoms. The highest BCUT2D eigenvalue weighted by molar-refractivity contribution is 5.85. The zero-order valence-corrected chi connectivity index (χ0v) is 15.1. The Morgan fingerprint density at radius 3 is 2.59 bits per heavy atom. The van der Waals surface area contributed by atoms with Gasteiger partial charge in [-0.15, -0.1) is 0 Å². The molecule has 0 radical (unpaired) electrons. The van der Waals surface area contributed by atoms with E-state index >= 15 is 0 Å². The van der Waals surface area contributed by atoms with E-state index in [9.17, 15) is 4.39 Å². The molecule has 0 fully saturated rings. The molecule has 0 aliphatic heterocycles. The first kappa shape index (κ1) is 17.1. The van der Waals surface area contributed by atoms with Crippen molar-refractivity contribution in [1.82, 2.24) is 15.0 Å². The molecule has 0 saturated carbocycles. The zero-order valence-electron chi connectivity index (χ0n) is 15.1. The number of fused-ring (bicyclic) bond motifs is 1. The van der Waals surface area contributed by atoms with Crippen molar-refractivity contribution in [2.24, 2.45) is 0 Å². The topological polar surface area (TPSA) is 50.7 Å². The highest BCUT2D eigenvalue weighted by atomic mass is 19.1. The van der Waals surface area contributed by atoms with Gasteiger partial charge in [-0.05, 0) is 60.9 Å². The van der Waals surface area contributed by atoms with E-state index < -0.39 is 0 Å². The van der Waals surface area contributed by atoms with Gasteiger partial charge in [0.2, 0.25) is 5.95 Å². The molecule has 0 saturated heterocycles. The fourth-order valence-electron chi connectivity index (χ4n) is 3.07. The summed E-state index contributed by atoms with van der Waals surface area (Å²) in [4.78, 5) is 13.3. The molecule has 1 unspecified atom stereocenters.